The predicted molar refractivity (Wildman–Crippen MR) is 374 cm³/mol. The van der Waals surface area contributed by atoms with Crippen LogP contribution in [0, 0.1) is 0 Å². The SMILES string of the molecule is CCN(CC)CC.CCOC(=O)n1nc2c(c1NC(=O)c1ccccc1)CN(C(=O)Cl)C2(C)C.CN(C)CC(O)c1ccccc1.CN(C)CC(OC(=O)N1Cc2c(NC(=O)c3ccccc3)n[nH]c2C1(C)C)c1ccccc1.CNC.CO.CO.c1ccc(C2CO2)cc1. The Morgan fingerprint density at radius 1 is 0.642 bits per heavy atom. The maximum Gasteiger partial charge on any atom is 0.436 e. The normalized spacial score (nSPS) is 14.5. The summed E-state index contributed by atoms with van der Waals surface area (Å²) in [6.07, 6.45) is -1.50. The van der Waals surface area contributed by atoms with Crippen molar-refractivity contribution in [3.8, 4) is 0 Å². The van der Waals surface area contributed by atoms with Gasteiger partial charge in [-0.3, -0.25) is 24.4 Å². The lowest BCUT2D eigenvalue weighted by atomic mass is 10.0. The lowest BCUT2D eigenvalue weighted by Crippen LogP contribution is -2.42. The minimum atomic E-state index is -0.835. The van der Waals surface area contributed by atoms with Crippen LogP contribution in [0.5, 0.6) is 0 Å². The number of halogens is 1. The molecule has 3 aliphatic heterocycles. The average molecular weight is 1330 g/mol. The van der Waals surface area contributed by atoms with E-state index in [0.717, 1.165) is 47.9 Å². The number of H-pyrrole nitrogens is 1. The summed E-state index contributed by atoms with van der Waals surface area (Å²) in [6.45, 7) is 21.9. The fourth-order valence-electron chi connectivity index (χ4n) is 9.85. The number of amides is 4. The van der Waals surface area contributed by atoms with Crippen molar-refractivity contribution in [1.29, 1.82) is 0 Å². The number of benzene rings is 5. The highest BCUT2D eigenvalue weighted by atomic mass is 35.5. The van der Waals surface area contributed by atoms with Crippen LogP contribution < -0.4 is 16.0 Å². The molecular weight excluding hydrogens is 1230 g/mol. The first-order valence-electron chi connectivity index (χ1n) is 31.5. The number of aliphatic hydroxyl groups excluding tert-OH is 3. The summed E-state index contributed by atoms with van der Waals surface area (Å²) in [4.78, 5) is 72.1. The molecule has 1 saturated heterocycles. The van der Waals surface area contributed by atoms with E-state index in [9.17, 15) is 29.1 Å². The van der Waals surface area contributed by atoms with Gasteiger partial charge in [0.2, 0.25) is 0 Å². The van der Waals surface area contributed by atoms with Crippen LogP contribution in [-0.2, 0) is 38.4 Å². The minimum Gasteiger partial charge on any atom is -0.448 e. The molecule has 23 nitrogen and oxygen atoms in total. The van der Waals surface area contributed by atoms with E-state index in [1.807, 2.05) is 163 Å². The molecule has 95 heavy (non-hydrogen) atoms. The van der Waals surface area contributed by atoms with Crippen LogP contribution in [0.15, 0.2) is 152 Å². The van der Waals surface area contributed by atoms with E-state index in [1.165, 1.54) is 30.1 Å². The van der Waals surface area contributed by atoms with Crippen LogP contribution in [-0.4, -0.2) is 192 Å². The Bertz CT molecular complexity index is 3350. The van der Waals surface area contributed by atoms with Crippen molar-refractivity contribution in [2.75, 3.05) is 113 Å². The third kappa shape index (κ3) is 24.4. The Hall–Kier alpha value is -8.36. The largest absolute Gasteiger partial charge is 0.448 e. The fourth-order valence-corrected chi connectivity index (χ4v) is 10.1. The first kappa shape index (κ1) is 80.9. The second-order valence-corrected chi connectivity index (χ2v) is 23.3. The van der Waals surface area contributed by atoms with Gasteiger partial charge in [0.1, 0.15) is 18.0 Å². The molecule has 5 aromatic carbocycles. The molecule has 0 aliphatic carbocycles. The Morgan fingerprint density at radius 2 is 1.08 bits per heavy atom. The minimum absolute atomic E-state index is 0.120. The molecule has 7 N–H and O–H groups in total. The number of nitrogens with one attached hydrogen (secondary N) is 4. The summed E-state index contributed by atoms with van der Waals surface area (Å²) >= 11 is 5.70. The zero-order valence-electron chi connectivity index (χ0n) is 58.1. The lowest BCUT2D eigenvalue weighted by Gasteiger charge is -2.33. The van der Waals surface area contributed by atoms with Crippen molar-refractivity contribution >= 4 is 52.6 Å². The van der Waals surface area contributed by atoms with Gasteiger partial charge in [-0.05, 0) is 149 Å². The highest BCUT2D eigenvalue weighted by molar-refractivity contribution is 6.62. The molecule has 2 aromatic heterocycles. The van der Waals surface area contributed by atoms with Crippen molar-refractivity contribution in [3.05, 3.63) is 202 Å². The summed E-state index contributed by atoms with van der Waals surface area (Å²) in [5.41, 5.74) is 5.27. The van der Waals surface area contributed by atoms with Gasteiger partial charge in [0.05, 0.1) is 54.9 Å². The number of aromatic amines is 1. The number of aromatic nitrogens is 4. The number of anilines is 2. The van der Waals surface area contributed by atoms with Gasteiger partial charge in [0, 0.05) is 49.6 Å². The summed E-state index contributed by atoms with van der Waals surface area (Å²) in [6, 6.07) is 47.2. The molecule has 7 aromatic rings. The Labute approximate surface area is 566 Å². The van der Waals surface area contributed by atoms with Gasteiger partial charge in [-0.1, -0.05) is 148 Å². The summed E-state index contributed by atoms with van der Waals surface area (Å²) in [5, 5.41) is 43.0. The van der Waals surface area contributed by atoms with E-state index in [4.69, 9.17) is 36.0 Å². The number of epoxide rings is 1. The predicted octanol–water partition coefficient (Wildman–Crippen LogP) is 11.1. The third-order valence-corrected chi connectivity index (χ3v) is 15.2. The van der Waals surface area contributed by atoms with Crippen molar-refractivity contribution < 1.29 is 53.5 Å². The molecule has 5 heterocycles. The molecule has 518 valence electrons. The molecule has 3 aliphatic rings. The molecule has 4 amide bonds. The number of nitrogens with zero attached hydrogens (tertiary/aromatic N) is 8. The maximum atomic E-state index is 13.3. The smallest absolute Gasteiger partial charge is 0.436 e. The van der Waals surface area contributed by atoms with E-state index in [0.29, 0.717) is 47.4 Å². The highest BCUT2D eigenvalue weighted by Crippen LogP contribution is 2.43. The van der Waals surface area contributed by atoms with Gasteiger partial charge < -0.3 is 65.1 Å². The van der Waals surface area contributed by atoms with Crippen molar-refractivity contribution in [2.45, 2.75) is 97.9 Å². The second kappa shape index (κ2) is 41.5. The van der Waals surface area contributed by atoms with Crippen molar-refractivity contribution in [2.24, 2.45) is 0 Å². The number of carbonyl (C=O) groups excluding carboxylic acids is 5. The topological polar surface area (TPSA) is 276 Å². The van der Waals surface area contributed by atoms with Gasteiger partial charge in [0.25, 0.3) is 11.8 Å². The zero-order valence-corrected chi connectivity index (χ0v) is 58.8. The standard InChI is InChI=1S/C25H29N5O3.C18H19ClN4O4.C10H15NO.C8H8O.C6H15N.C2H7N.2CH4O/c1-25(2)21-19(22(28-27-21)26-23(31)18-13-9-6-10-14-18)15-30(25)24(32)33-20(16-29(3)4)17-11-7-5-8-12-17;1-4-27-17(26)23-14(20-15(24)11-8-6-5-7-9-11)12-10-22(16(19)25)18(2,3)13(12)21-23;1-11(2)8-10(12)9-6-4-3-5-7-9;1-2-4-7(5-3-1)8-6-9-8;1-4-7(5-2)6-3;1-3-2;2*1-2/h5-14,20H,15-16H2,1-4H3,(H2,26,27,28,31);5-9H,4,10H2,1-3H3,(H,20,24);3-7,10,12H,8H2,1-2H3;1-5,8H,6H2;4-6H2,1-3H3;3H,1-2H3;2*2H,1H3. The van der Waals surface area contributed by atoms with Gasteiger partial charge >= 0.3 is 17.6 Å². The number of rotatable bonds is 16. The Morgan fingerprint density at radius 3 is 1.52 bits per heavy atom. The summed E-state index contributed by atoms with van der Waals surface area (Å²) < 4.78 is 17.1. The summed E-state index contributed by atoms with van der Waals surface area (Å²) in [5.74, 6) is -0.0583. The quantitative estimate of drug-likeness (QED) is 0.0269. The van der Waals surface area contributed by atoms with Crippen LogP contribution in [0.2, 0.25) is 0 Å². The van der Waals surface area contributed by atoms with Crippen molar-refractivity contribution in [1.82, 2.24) is 49.8 Å². The number of aliphatic hydroxyl groups is 3. The molecule has 24 heteroatoms. The Balaban J connectivity index is 0.000000335. The summed E-state index contributed by atoms with van der Waals surface area (Å²) in [7, 11) is 13.5. The van der Waals surface area contributed by atoms with Gasteiger partial charge in [-0.25, -0.2) is 9.59 Å². The van der Waals surface area contributed by atoms with Crippen LogP contribution >= 0.6 is 11.6 Å². The second-order valence-electron chi connectivity index (χ2n) is 23.0. The monoisotopic (exact) mass is 1330 g/mol. The van der Waals surface area contributed by atoms with Crippen LogP contribution in [0.4, 0.5) is 26.0 Å². The molecule has 3 atom stereocenters. The number of carbonyl (C=O) groups is 5. The molecule has 0 radical (unpaired) electrons. The van der Waals surface area contributed by atoms with Gasteiger partial charge in [0.15, 0.2) is 5.82 Å². The first-order chi connectivity index (χ1) is 45.5. The van der Waals surface area contributed by atoms with E-state index in [2.05, 4.69) is 69.1 Å². The number of fused-ring (bicyclic) bond motifs is 2. The number of hydrogen-bond acceptors (Lipinski definition) is 17. The van der Waals surface area contributed by atoms with Crippen LogP contribution in [0.25, 0.3) is 0 Å². The molecule has 3 unspecified atom stereocenters. The van der Waals surface area contributed by atoms with Crippen molar-refractivity contribution in [3.63, 3.8) is 0 Å². The molecule has 1 fully saturated rings. The van der Waals surface area contributed by atoms with Gasteiger partial charge in [-0.2, -0.15) is 10.2 Å². The van der Waals surface area contributed by atoms with E-state index < -0.39 is 40.6 Å². The number of ether oxygens (including phenoxy) is 3. The number of likely N-dealkylation sites (N-methyl/N-ethyl adjacent to an activating group) is 2. The molecular formula is C71H101ClN12O11. The maximum absolute atomic E-state index is 13.3. The fraction of sp³-hybridized carbons (Fsp3) is 0.423. The highest BCUT2D eigenvalue weighted by Gasteiger charge is 2.47. The first-order valence-corrected chi connectivity index (χ1v) is 31.8. The molecule has 0 bridgehead atoms. The van der Waals surface area contributed by atoms with E-state index in [-0.39, 0.29) is 37.5 Å². The van der Waals surface area contributed by atoms with E-state index in [1.54, 1.807) is 68.1 Å². The number of hydrogen-bond donors (Lipinski definition) is 7. The zero-order chi connectivity index (χ0) is 70.8. The third-order valence-electron chi connectivity index (χ3n) is 14.9. The molecule has 10 rings (SSSR count). The van der Waals surface area contributed by atoms with Crippen LogP contribution in [0.1, 0.15) is 134 Å². The van der Waals surface area contributed by atoms with Gasteiger partial charge in [-0.15, -0.1) is 4.68 Å². The molecule has 0 spiro atoms. The van der Waals surface area contributed by atoms with Crippen LogP contribution in [0.3, 0.4) is 0 Å². The Kier molecular flexibility index (Phi) is 35.3. The average Bonchev–Trinajstić information content (AvgIpc) is 1.59. The molecule has 0 saturated carbocycles. The van der Waals surface area contributed by atoms with E-state index >= 15 is 0 Å². The lowest BCUT2D eigenvalue weighted by molar-refractivity contribution is 0.0258.